The summed E-state index contributed by atoms with van der Waals surface area (Å²) in [6.45, 7) is 6.40. The highest BCUT2D eigenvalue weighted by Gasteiger charge is 2.19. The molecule has 0 aliphatic carbocycles. The second-order valence-corrected chi connectivity index (χ2v) is 10.2. The van der Waals surface area contributed by atoms with Crippen molar-refractivity contribution in [2.45, 2.75) is 58.0 Å². The molecule has 32 heavy (non-hydrogen) atoms. The number of fused-ring (bicyclic) bond motifs is 1. The molecule has 0 unspecified atom stereocenters. The summed E-state index contributed by atoms with van der Waals surface area (Å²) < 4.78 is 1.82. The van der Waals surface area contributed by atoms with Crippen molar-refractivity contribution in [2.24, 2.45) is 0 Å². The number of rotatable bonds is 9. The molecule has 3 nitrogen and oxygen atoms in total. The van der Waals surface area contributed by atoms with Crippen LogP contribution in [0.1, 0.15) is 48.3 Å². The van der Waals surface area contributed by atoms with Crippen LogP contribution in [-0.2, 0) is 19.3 Å². The number of benzene rings is 2. The topological polar surface area (TPSA) is 34.9 Å². The van der Waals surface area contributed by atoms with Crippen LogP contribution in [-0.4, -0.2) is 15.3 Å². The van der Waals surface area contributed by atoms with Crippen molar-refractivity contribution >= 4 is 33.3 Å². The van der Waals surface area contributed by atoms with Crippen molar-refractivity contribution in [2.75, 3.05) is 5.75 Å². The lowest BCUT2D eigenvalue weighted by molar-refractivity contribution is 0.817. The predicted molar refractivity (Wildman–Crippen MR) is 139 cm³/mol. The molecule has 2 aromatic heterocycles. The third-order valence-corrected chi connectivity index (χ3v) is 8.07. The molecule has 4 rings (SSSR count). The second-order valence-electron chi connectivity index (χ2n) is 8.07. The van der Waals surface area contributed by atoms with Gasteiger partial charge < -0.3 is 0 Å². The van der Waals surface area contributed by atoms with Gasteiger partial charge >= 0.3 is 0 Å². The van der Waals surface area contributed by atoms with Crippen molar-refractivity contribution < 1.29 is 0 Å². The first-order valence-electron chi connectivity index (χ1n) is 11.4. The lowest BCUT2D eigenvalue weighted by Crippen LogP contribution is -2.21. The first kappa shape index (κ1) is 22.8. The number of aryl methyl sites for hydroxylation is 4. The van der Waals surface area contributed by atoms with Crippen LogP contribution in [0.4, 0.5) is 0 Å². The van der Waals surface area contributed by atoms with Gasteiger partial charge in [0, 0.05) is 10.6 Å². The van der Waals surface area contributed by atoms with E-state index in [1.54, 1.807) is 23.1 Å². The molecule has 0 amide bonds. The van der Waals surface area contributed by atoms with Gasteiger partial charge in [0.05, 0.1) is 11.1 Å². The average molecular weight is 463 g/mol. The molecule has 0 radical (unpaired) electrons. The van der Waals surface area contributed by atoms with Crippen LogP contribution >= 0.6 is 23.1 Å². The summed E-state index contributed by atoms with van der Waals surface area (Å²) in [4.78, 5) is 20.9. The highest BCUT2D eigenvalue weighted by atomic mass is 32.2. The van der Waals surface area contributed by atoms with E-state index in [4.69, 9.17) is 4.98 Å². The maximum absolute atomic E-state index is 13.7. The molecule has 0 saturated carbocycles. The van der Waals surface area contributed by atoms with Gasteiger partial charge in [-0.25, -0.2) is 4.98 Å². The maximum Gasteiger partial charge on any atom is 0.267 e. The van der Waals surface area contributed by atoms with Crippen molar-refractivity contribution in [1.82, 2.24) is 9.55 Å². The summed E-state index contributed by atoms with van der Waals surface area (Å²) in [7, 11) is 0. The van der Waals surface area contributed by atoms with Crippen molar-refractivity contribution in [3.8, 4) is 5.69 Å². The summed E-state index contributed by atoms with van der Waals surface area (Å²) in [5.74, 6) is 0.923. The molecule has 0 aliphatic heterocycles. The highest BCUT2D eigenvalue weighted by Crippen LogP contribution is 2.31. The fraction of sp³-hybridized carbons (Fsp3) is 0.333. The zero-order chi connectivity index (χ0) is 22.5. The third-order valence-electron chi connectivity index (χ3n) is 5.80. The van der Waals surface area contributed by atoms with E-state index in [1.165, 1.54) is 16.0 Å². The molecule has 0 aliphatic rings. The van der Waals surface area contributed by atoms with Gasteiger partial charge in [-0.1, -0.05) is 74.5 Å². The highest BCUT2D eigenvalue weighted by molar-refractivity contribution is 7.99. The standard InChI is InChI=1S/C27H30N2OS2/c1-4-10-23-19(3)24-25(32-23)28-27(31-18-9-13-21-11-7-6-8-12-21)29(26(24)30)22-16-14-20(5-2)15-17-22/h6-8,11-12,14-17H,4-5,9-10,13,18H2,1-3H3. The maximum atomic E-state index is 13.7. The van der Waals surface area contributed by atoms with Crippen LogP contribution in [0.25, 0.3) is 15.9 Å². The summed E-state index contributed by atoms with van der Waals surface area (Å²) in [6.07, 6.45) is 5.13. The first-order chi connectivity index (χ1) is 15.6. The van der Waals surface area contributed by atoms with E-state index >= 15 is 0 Å². The summed E-state index contributed by atoms with van der Waals surface area (Å²) in [6, 6.07) is 18.9. The number of aromatic nitrogens is 2. The monoisotopic (exact) mass is 462 g/mol. The van der Waals surface area contributed by atoms with E-state index in [2.05, 4.69) is 75.4 Å². The minimum atomic E-state index is 0.0564. The Balaban J connectivity index is 1.70. The van der Waals surface area contributed by atoms with E-state index in [0.717, 1.165) is 64.5 Å². The van der Waals surface area contributed by atoms with Gasteiger partial charge in [0.25, 0.3) is 5.56 Å². The number of nitrogens with zero attached hydrogens (tertiary/aromatic N) is 2. The molecule has 2 heterocycles. The van der Waals surface area contributed by atoms with Crippen LogP contribution in [0, 0.1) is 6.92 Å². The molecule has 166 valence electrons. The minimum Gasteiger partial charge on any atom is -0.268 e. The molecule has 2 aromatic carbocycles. The number of thioether (sulfide) groups is 1. The van der Waals surface area contributed by atoms with Gasteiger partial charge in [-0.15, -0.1) is 11.3 Å². The fourth-order valence-electron chi connectivity index (χ4n) is 3.97. The minimum absolute atomic E-state index is 0.0564. The number of hydrogen-bond acceptors (Lipinski definition) is 4. The Morgan fingerprint density at radius 2 is 1.72 bits per heavy atom. The molecule has 0 bridgehead atoms. The summed E-state index contributed by atoms with van der Waals surface area (Å²) in [5.41, 5.74) is 4.67. The Morgan fingerprint density at radius 3 is 2.41 bits per heavy atom. The molecular weight excluding hydrogens is 432 g/mol. The molecule has 4 aromatic rings. The lowest BCUT2D eigenvalue weighted by atomic mass is 10.1. The Labute approximate surface area is 198 Å². The normalized spacial score (nSPS) is 11.3. The van der Waals surface area contributed by atoms with Gasteiger partial charge in [-0.2, -0.15) is 0 Å². The van der Waals surface area contributed by atoms with Gasteiger partial charge in [0.1, 0.15) is 4.83 Å². The SMILES string of the molecule is CCCc1sc2nc(SCCCc3ccccc3)n(-c3ccc(CC)cc3)c(=O)c2c1C. The largest absolute Gasteiger partial charge is 0.268 e. The summed E-state index contributed by atoms with van der Waals surface area (Å²) in [5, 5.41) is 1.58. The number of hydrogen-bond donors (Lipinski definition) is 0. The Morgan fingerprint density at radius 1 is 0.969 bits per heavy atom. The third kappa shape index (κ3) is 4.84. The van der Waals surface area contributed by atoms with Gasteiger partial charge in [-0.3, -0.25) is 9.36 Å². The van der Waals surface area contributed by atoms with Crippen molar-refractivity contribution in [3.63, 3.8) is 0 Å². The van der Waals surface area contributed by atoms with Crippen LogP contribution < -0.4 is 5.56 Å². The number of thiophene rings is 1. The van der Waals surface area contributed by atoms with Gasteiger partial charge in [0.15, 0.2) is 5.16 Å². The molecule has 0 saturated heterocycles. The molecule has 5 heteroatoms. The predicted octanol–water partition coefficient (Wildman–Crippen LogP) is 7.00. The van der Waals surface area contributed by atoms with Crippen molar-refractivity contribution in [1.29, 1.82) is 0 Å². The zero-order valence-corrected chi connectivity index (χ0v) is 20.7. The molecule has 0 atom stereocenters. The van der Waals surface area contributed by atoms with E-state index in [9.17, 15) is 4.79 Å². The molecule has 0 N–H and O–H groups in total. The van der Waals surface area contributed by atoms with Crippen LogP contribution in [0.5, 0.6) is 0 Å². The Hall–Kier alpha value is -2.37. The summed E-state index contributed by atoms with van der Waals surface area (Å²) >= 11 is 3.37. The Kier molecular flexibility index (Phi) is 7.48. The molecular formula is C27H30N2OS2. The van der Waals surface area contributed by atoms with Crippen LogP contribution in [0.2, 0.25) is 0 Å². The first-order valence-corrected chi connectivity index (χ1v) is 13.2. The van der Waals surface area contributed by atoms with Crippen molar-refractivity contribution in [3.05, 3.63) is 86.5 Å². The Bertz CT molecular complexity index is 1240. The quantitative estimate of drug-likeness (QED) is 0.153. The smallest absolute Gasteiger partial charge is 0.267 e. The zero-order valence-electron chi connectivity index (χ0n) is 19.1. The van der Waals surface area contributed by atoms with Gasteiger partial charge in [-0.05, 0) is 61.4 Å². The van der Waals surface area contributed by atoms with E-state index in [1.807, 2.05) is 4.57 Å². The van der Waals surface area contributed by atoms with Crippen LogP contribution in [0.3, 0.4) is 0 Å². The molecule has 0 fully saturated rings. The van der Waals surface area contributed by atoms with E-state index in [0.29, 0.717) is 0 Å². The average Bonchev–Trinajstić information content (AvgIpc) is 3.13. The van der Waals surface area contributed by atoms with E-state index in [-0.39, 0.29) is 5.56 Å². The molecule has 0 spiro atoms. The fourth-order valence-corrected chi connectivity index (χ4v) is 6.24. The lowest BCUT2D eigenvalue weighted by Gasteiger charge is -2.13. The second kappa shape index (κ2) is 10.5. The van der Waals surface area contributed by atoms with Gasteiger partial charge in [0.2, 0.25) is 0 Å². The van der Waals surface area contributed by atoms with Crippen LogP contribution in [0.15, 0.2) is 64.5 Å². The van der Waals surface area contributed by atoms with E-state index < -0.39 is 0 Å².